The Hall–Kier alpha value is -1.75. The average Bonchev–Trinajstić information content (AvgIpc) is 2.53. The van der Waals surface area contributed by atoms with E-state index in [0.29, 0.717) is 6.54 Å². The average molecular weight is 278 g/mol. The maximum Gasteiger partial charge on any atom is 0.224 e. The molecule has 1 aromatic rings. The number of nitrogens with one attached hydrogen (secondary N) is 2. The number of piperidine rings is 1. The lowest BCUT2D eigenvalue weighted by molar-refractivity contribution is -0.125. The molecule has 1 fully saturated rings. The summed E-state index contributed by atoms with van der Waals surface area (Å²) in [5.41, 5.74) is 0.949. The molecule has 0 aliphatic carbocycles. The Morgan fingerprint density at radius 3 is 2.90 bits per heavy atom. The quantitative estimate of drug-likeness (QED) is 0.853. The Morgan fingerprint density at radius 2 is 2.25 bits per heavy atom. The summed E-state index contributed by atoms with van der Waals surface area (Å²) < 4.78 is 10.5. The van der Waals surface area contributed by atoms with Gasteiger partial charge in [-0.1, -0.05) is 0 Å². The zero-order chi connectivity index (χ0) is 14.4. The Bertz CT molecular complexity index is 456. The second kappa shape index (κ2) is 7.14. The van der Waals surface area contributed by atoms with Crippen LogP contribution < -0.4 is 20.1 Å². The largest absolute Gasteiger partial charge is 0.497 e. The van der Waals surface area contributed by atoms with Crippen LogP contribution in [0.3, 0.4) is 0 Å². The van der Waals surface area contributed by atoms with Crippen molar-refractivity contribution in [1.29, 1.82) is 0 Å². The molecular formula is C15H22N2O3. The van der Waals surface area contributed by atoms with Gasteiger partial charge in [0.2, 0.25) is 5.91 Å². The normalized spacial score (nSPS) is 18.4. The van der Waals surface area contributed by atoms with Crippen molar-refractivity contribution in [1.82, 2.24) is 10.6 Å². The molecule has 1 amide bonds. The zero-order valence-electron chi connectivity index (χ0n) is 12.1. The molecular weight excluding hydrogens is 256 g/mol. The molecule has 1 heterocycles. The first-order chi connectivity index (χ1) is 9.74. The number of carbonyl (C=O) groups is 1. The maximum absolute atomic E-state index is 12.1. The summed E-state index contributed by atoms with van der Waals surface area (Å²) in [5.74, 6) is 1.66. The fourth-order valence-corrected chi connectivity index (χ4v) is 2.40. The number of amides is 1. The van der Waals surface area contributed by atoms with Crippen molar-refractivity contribution in [3.05, 3.63) is 23.8 Å². The Balaban J connectivity index is 1.94. The molecule has 1 atom stereocenters. The fourth-order valence-electron chi connectivity index (χ4n) is 2.40. The number of benzene rings is 1. The minimum Gasteiger partial charge on any atom is -0.497 e. The van der Waals surface area contributed by atoms with Gasteiger partial charge in [-0.2, -0.15) is 0 Å². The van der Waals surface area contributed by atoms with Crippen molar-refractivity contribution >= 4 is 5.91 Å². The number of rotatable bonds is 5. The Labute approximate surface area is 119 Å². The van der Waals surface area contributed by atoms with Crippen molar-refractivity contribution in [3.8, 4) is 11.5 Å². The van der Waals surface area contributed by atoms with Crippen LogP contribution in [0.15, 0.2) is 18.2 Å². The molecule has 0 spiro atoms. The van der Waals surface area contributed by atoms with Crippen LogP contribution in [0.4, 0.5) is 0 Å². The number of methoxy groups -OCH3 is 2. The summed E-state index contributed by atoms with van der Waals surface area (Å²) in [5, 5.41) is 6.23. The van der Waals surface area contributed by atoms with Gasteiger partial charge < -0.3 is 20.1 Å². The Morgan fingerprint density at radius 1 is 1.40 bits per heavy atom. The standard InChI is InChI=1S/C15H22N2O3/c1-19-13-6-5-11(14(8-13)20-2)10-17-15(18)12-4-3-7-16-9-12/h5-6,8,12,16H,3-4,7,9-10H2,1-2H3,(H,17,18). The van der Waals surface area contributed by atoms with Crippen LogP contribution in [0.5, 0.6) is 11.5 Å². The minimum atomic E-state index is 0.0768. The molecule has 110 valence electrons. The number of hydrogen-bond acceptors (Lipinski definition) is 4. The third kappa shape index (κ3) is 3.63. The Kier molecular flexibility index (Phi) is 5.24. The van der Waals surface area contributed by atoms with E-state index >= 15 is 0 Å². The van der Waals surface area contributed by atoms with Crippen LogP contribution in [-0.2, 0) is 11.3 Å². The molecule has 5 heteroatoms. The fraction of sp³-hybridized carbons (Fsp3) is 0.533. The van der Waals surface area contributed by atoms with Crippen molar-refractivity contribution in [3.63, 3.8) is 0 Å². The summed E-state index contributed by atoms with van der Waals surface area (Å²) in [7, 11) is 3.23. The first-order valence-electron chi connectivity index (χ1n) is 6.94. The molecule has 1 unspecified atom stereocenters. The molecule has 1 aromatic carbocycles. The van der Waals surface area contributed by atoms with Crippen molar-refractivity contribution in [2.24, 2.45) is 5.92 Å². The SMILES string of the molecule is COc1ccc(CNC(=O)C2CCCNC2)c(OC)c1. The molecule has 0 bridgehead atoms. The van der Waals surface area contributed by atoms with E-state index in [1.165, 1.54) is 0 Å². The monoisotopic (exact) mass is 278 g/mol. The predicted octanol–water partition coefficient (Wildman–Crippen LogP) is 1.32. The smallest absolute Gasteiger partial charge is 0.224 e. The van der Waals surface area contributed by atoms with Crippen molar-refractivity contribution in [2.75, 3.05) is 27.3 Å². The molecule has 1 aliphatic heterocycles. The minimum absolute atomic E-state index is 0.0768. The lowest BCUT2D eigenvalue weighted by atomic mass is 9.99. The maximum atomic E-state index is 12.1. The number of carbonyl (C=O) groups excluding carboxylic acids is 1. The molecule has 1 saturated heterocycles. The van der Waals surface area contributed by atoms with E-state index < -0.39 is 0 Å². The lowest BCUT2D eigenvalue weighted by Crippen LogP contribution is -2.40. The van der Waals surface area contributed by atoms with Gasteiger partial charge >= 0.3 is 0 Å². The molecule has 2 rings (SSSR count). The van der Waals surface area contributed by atoms with Gasteiger partial charge in [0.15, 0.2) is 0 Å². The van der Waals surface area contributed by atoms with Crippen LogP contribution in [-0.4, -0.2) is 33.2 Å². The van der Waals surface area contributed by atoms with Gasteiger partial charge in [0.05, 0.1) is 20.1 Å². The number of ether oxygens (including phenoxy) is 2. The highest BCUT2D eigenvalue weighted by Crippen LogP contribution is 2.24. The van der Waals surface area contributed by atoms with E-state index in [-0.39, 0.29) is 11.8 Å². The molecule has 1 aliphatic rings. The zero-order valence-corrected chi connectivity index (χ0v) is 12.1. The highest BCUT2D eigenvalue weighted by Gasteiger charge is 2.20. The van der Waals surface area contributed by atoms with E-state index in [2.05, 4.69) is 10.6 Å². The van der Waals surface area contributed by atoms with E-state index in [9.17, 15) is 4.79 Å². The summed E-state index contributed by atoms with van der Waals surface area (Å²) >= 11 is 0. The number of hydrogen-bond donors (Lipinski definition) is 2. The van der Waals surface area contributed by atoms with Crippen molar-refractivity contribution < 1.29 is 14.3 Å². The van der Waals surface area contributed by atoms with Crippen LogP contribution in [0.2, 0.25) is 0 Å². The van der Waals surface area contributed by atoms with Gasteiger partial charge in [0.1, 0.15) is 11.5 Å². The van der Waals surface area contributed by atoms with E-state index in [4.69, 9.17) is 9.47 Å². The summed E-state index contributed by atoms with van der Waals surface area (Å²) in [4.78, 5) is 12.1. The van der Waals surface area contributed by atoms with Gasteiger partial charge in [0.25, 0.3) is 0 Å². The molecule has 0 radical (unpaired) electrons. The second-order valence-corrected chi connectivity index (χ2v) is 4.94. The topological polar surface area (TPSA) is 59.6 Å². The van der Waals surface area contributed by atoms with Gasteiger partial charge in [-0.05, 0) is 31.5 Å². The second-order valence-electron chi connectivity index (χ2n) is 4.94. The van der Waals surface area contributed by atoms with Gasteiger partial charge in [-0.25, -0.2) is 0 Å². The third-order valence-corrected chi connectivity index (χ3v) is 3.61. The van der Waals surface area contributed by atoms with Gasteiger partial charge in [0, 0.05) is 24.7 Å². The van der Waals surface area contributed by atoms with E-state index in [1.54, 1.807) is 14.2 Å². The highest BCUT2D eigenvalue weighted by molar-refractivity contribution is 5.79. The first-order valence-corrected chi connectivity index (χ1v) is 6.94. The van der Waals surface area contributed by atoms with E-state index in [1.807, 2.05) is 18.2 Å². The molecule has 2 N–H and O–H groups in total. The summed E-state index contributed by atoms with van der Waals surface area (Å²) in [6.45, 7) is 2.25. The summed E-state index contributed by atoms with van der Waals surface area (Å²) in [6.07, 6.45) is 2.02. The highest BCUT2D eigenvalue weighted by atomic mass is 16.5. The summed E-state index contributed by atoms with van der Waals surface area (Å²) in [6, 6.07) is 5.60. The van der Waals surface area contributed by atoms with Crippen molar-refractivity contribution in [2.45, 2.75) is 19.4 Å². The predicted molar refractivity (Wildman–Crippen MR) is 77.0 cm³/mol. The molecule has 20 heavy (non-hydrogen) atoms. The van der Waals surface area contributed by atoms with Gasteiger partial charge in [-0.3, -0.25) is 4.79 Å². The third-order valence-electron chi connectivity index (χ3n) is 3.61. The molecule has 0 aromatic heterocycles. The van der Waals surface area contributed by atoms with Crippen LogP contribution in [0, 0.1) is 5.92 Å². The van der Waals surface area contributed by atoms with Crippen LogP contribution in [0.25, 0.3) is 0 Å². The lowest BCUT2D eigenvalue weighted by Gasteiger charge is -2.22. The first kappa shape index (κ1) is 14.7. The van der Waals surface area contributed by atoms with Crippen LogP contribution >= 0.6 is 0 Å². The van der Waals surface area contributed by atoms with E-state index in [0.717, 1.165) is 43.0 Å². The molecule has 5 nitrogen and oxygen atoms in total. The van der Waals surface area contributed by atoms with Crippen LogP contribution in [0.1, 0.15) is 18.4 Å². The van der Waals surface area contributed by atoms with Gasteiger partial charge in [-0.15, -0.1) is 0 Å². The molecule has 0 saturated carbocycles.